The molecule has 1 aromatic carbocycles. The summed E-state index contributed by atoms with van der Waals surface area (Å²) in [6.45, 7) is 4.73. The van der Waals surface area contributed by atoms with Crippen LogP contribution in [-0.4, -0.2) is 50.1 Å². The third kappa shape index (κ3) is 4.37. The van der Waals surface area contributed by atoms with E-state index in [2.05, 4.69) is 5.32 Å². The fourth-order valence-electron chi connectivity index (χ4n) is 3.54. The van der Waals surface area contributed by atoms with Crippen LogP contribution in [0.3, 0.4) is 0 Å². The van der Waals surface area contributed by atoms with Gasteiger partial charge in [-0.2, -0.15) is 0 Å². The molecule has 1 aromatic rings. The van der Waals surface area contributed by atoms with Crippen LogP contribution >= 0.6 is 0 Å². The highest BCUT2D eigenvalue weighted by Gasteiger charge is 2.33. The number of halogens is 1. The molecule has 0 radical (unpaired) electrons. The molecule has 0 aromatic heterocycles. The van der Waals surface area contributed by atoms with E-state index in [0.29, 0.717) is 24.5 Å². The van der Waals surface area contributed by atoms with Crippen molar-refractivity contribution in [2.75, 3.05) is 36.0 Å². The molecule has 2 aliphatic heterocycles. The van der Waals surface area contributed by atoms with Crippen LogP contribution in [0.5, 0.6) is 0 Å². The molecule has 0 spiro atoms. The normalized spacial score (nSPS) is 20.6. The van der Waals surface area contributed by atoms with E-state index in [4.69, 9.17) is 4.74 Å². The van der Waals surface area contributed by atoms with Crippen LogP contribution in [0, 0.1) is 11.7 Å². The molecule has 0 aliphatic carbocycles. The lowest BCUT2D eigenvalue weighted by atomic mass is 9.93. The fourth-order valence-corrected chi connectivity index (χ4v) is 3.54. The number of benzene rings is 1. The molecule has 1 N–H and O–H groups in total. The highest BCUT2D eigenvalue weighted by molar-refractivity contribution is 5.90. The van der Waals surface area contributed by atoms with Crippen molar-refractivity contribution in [1.82, 2.24) is 5.32 Å². The van der Waals surface area contributed by atoms with Crippen LogP contribution in [0.25, 0.3) is 0 Å². The van der Waals surface area contributed by atoms with E-state index in [-0.39, 0.29) is 30.7 Å². The SMILES string of the molecule is CC(=O)NC[C@H]1CN(c2ccc(N3CCC(C(C)=O)CC3)c(F)c2)C(=O)O1. The van der Waals surface area contributed by atoms with Gasteiger partial charge in [-0.15, -0.1) is 0 Å². The molecular weight excluding hydrogens is 353 g/mol. The monoisotopic (exact) mass is 377 g/mol. The van der Waals surface area contributed by atoms with Crippen molar-refractivity contribution >= 4 is 29.2 Å². The predicted octanol–water partition coefficient (Wildman–Crippen LogP) is 2.09. The van der Waals surface area contributed by atoms with E-state index in [9.17, 15) is 18.8 Å². The minimum Gasteiger partial charge on any atom is -0.442 e. The van der Waals surface area contributed by atoms with E-state index in [0.717, 1.165) is 12.8 Å². The summed E-state index contributed by atoms with van der Waals surface area (Å²) in [7, 11) is 0. The van der Waals surface area contributed by atoms with Gasteiger partial charge in [0.15, 0.2) is 0 Å². The summed E-state index contributed by atoms with van der Waals surface area (Å²) in [5.41, 5.74) is 0.897. The Morgan fingerprint density at radius 1 is 1.26 bits per heavy atom. The number of cyclic esters (lactones) is 1. The van der Waals surface area contributed by atoms with Crippen molar-refractivity contribution in [3.05, 3.63) is 24.0 Å². The molecule has 2 saturated heterocycles. The van der Waals surface area contributed by atoms with Crippen molar-refractivity contribution in [3.8, 4) is 0 Å². The van der Waals surface area contributed by atoms with Crippen LogP contribution in [0.2, 0.25) is 0 Å². The van der Waals surface area contributed by atoms with Crippen LogP contribution in [0.15, 0.2) is 18.2 Å². The molecule has 2 aliphatic rings. The predicted molar refractivity (Wildman–Crippen MR) is 98.3 cm³/mol. The third-order valence-corrected chi connectivity index (χ3v) is 5.11. The molecule has 3 rings (SSSR count). The molecule has 0 saturated carbocycles. The molecule has 146 valence electrons. The summed E-state index contributed by atoms with van der Waals surface area (Å²) in [6.07, 6.45) is 0.425. The Balaban J connectivity index is 1.66. The van der Waals surface area contributed by atoms with Gasteiger partial charge in [0.05, 0.1) is 24.5 Å². The summed E-state index contributed by atoms with van der Waals surface area (Å²) in [4.78, 5) is 37.8. The van der Waals surface area contributed by atoms with E-state index in [1.54, 1.807) is 19.1 Å². The largest absolute Gasteiger partial charge is 0.442 e. The zero-order valence-electron chi connectivity index (χ0n) is 15.5. The Bertz CT molecular complexity index is 746. The van der Waals surface area contributed by atoms with Gasteiger partial charge in [-0.25, -0.2) is 9.18 Å². The summed E-state index contributed by atoms with van der Waals surface area (Å²) >= 11 is 0. The van der Waals surface area contributed by atoms with Gasteiger partial charge >= 0.3 is 6.09 Å². The molecule has 0 bridgehead atoms. The first-order chi connectivity index (χ1) is 12.8. The molecule has 0 unspecified atom stereocenters. The molecular formula is C19H24FN3O4. The minimum absolute atomic E-state index is 0.0588. The Morgan fingerprint density at radius 2 is 1.96 bits per heavy atom. The maximum Gasteiger partial charge on any atom is 0.414 e. The number of nitrogens with zero attached hydrogens (tertiary/aromatic N) is 2. The van der Waals surface area contributed by atoms with Gasteiger partial charge in [0.2, 0.25) is 5.91 Å². The molecule has 7 nitrogen and oxygen atoms in total. The smallest absolute Gasteiger partial charge is 0.414 e. The van der Waals surface area contributed by atoms with Crippen molar-refractivity contribution in [1.29, 1.82) is 0 Å². The number of piperidine rings is 1. The summed E-state index contributed by atoms with van der Waals surface area (Å²) in [6, 6.07) is 4.68. The Labute approximate surface area is 157 Å². The zero-order chi connectivity index (χ0) is 19.6. The zero-order valence-corrected chi connectivity index (χ0v) is 15.5. The number of anilines is 2. The molecule has 8 heteroatoms. The maximum absolute atomic E-state index is 14.7. The minimum atomic E-state index is -0.556. The number of ether oxygens (including phenoxy) is 1. The van der Waals surface area contributed by atoms with E-state index in [1.165, 1.54) is 17.9 Å². The number of rotatable bonds is 5. The topological polar surface area (TPSA) is 79.0 Å². The van der Waals surface area contributed by atoms with E-state index < -0.39 is 18.0 Å². The average molecular weight is 377 g/mol. The first-order valence-electron chi connectivity index (χ1n) is 9.12. The van der Waals surface area contributed by atoms with Crippen LogP contribution < -0.4 is 15.1 Å². The van der Waals surface area contributed by atoms with Crippen LogP contribution in [0.4, 0.5) is 20.6 Å². The summed E-state index contributed by atoms with van der Waals surface area (Å²) in [5, 5.41) is 2.61. The first-order valence-corrected chi connectivity index (χ1v) is 9.12. The second-order valence-electron chi connectivity index (χ2n) is 7.06. The average Bonchev–Trinajstić information content (AvgIpc) is 3.01. The first kappa shape index (κ1) is 19.1. The van der Waals surface area contributed by atoms with Gasteiger partial charge in [0, 0.05) is 25.9 Å². The van der Waals surface area contributed by atoms with E-state index >= 15 is 0 Å². The molecule has 2 amide bonds. The van der Waals surface area contributed by atoms with Gasteiger partial charge < -0.3 is 15.0 Å². The van der Waals surface area contributed by atoms with Crippen LogP contribution in [-0.2, 0) is 14.3 Å². The maximum atomic E-state index is 14.7. The summed E-state index contributed by atoms with van der Waals surface area (Å²) in [5.74, 6) is -0.365. The van der Waals surface area contributed by atoms with Crippen LogP contribution in [0.1, 0.15) is 26.7 Å². The number of carbonyl (C=O) groups excluding carboxylic acids is 3. The number of amides is 2. The number of hydrogen-bond donors (Lipinski definition) is 1. The lowest BCUT2D eigenvalue weighted by Crippen LogP contribution is -2.36. The molecule has 2 fully saturated rings. The van der Waals surface area contributed by atoms with E-state index in [1.807, 2.05) is 4.90 Å². The van der Waals surface area contributed by atoms with Gasteiger partial charge in [-0.1, -0.05) is 0 Å². The standard InChI is InChI=1S/C19H24FN3O4/c1-12(24)14-5-7-22(8-6-14)18-4-3-15(9-17(18)20)23-11-16(27-19(23)26)10-21-13(2)25/h3-4,9,14,16H,5-8,10-11H2,1-2H3,(H,21,25)/t16-/m0/s1. The summed E-state index contributed by atoms with van der Waals surface area (Å²) < 4.78 is 19.9. The molecule has 1 atom stereocenters. The Morgan fingerprint density at radius 3 is 2.56 bits per heavy atom. The Kier molecular flexibility index (Phi) is 5.62. The number of hydrogen-bond acceptors (Lipinski definition) is 5. The van der Waals surface area contributed by atoms with Gasteiger partial charge in [0.25, 0.3) is 0 Å². The van der Waals surface area contributed by atoms with Crippen molar-refractivity contribution in [3.63, 3.8) is 0 Å². The lowest BCUT2D eigenvalue weighted by Gasteiger charge is -2.33. The number of Topliss-reactive ketones (excluding diaryl/α,β-unsaturated/α-hetero) is 1. The fraction of sp³-hybridized carbons (Fsp3) is 0.526. The molecule has 27 heavy (non-hydrogen) atoms. The number of carbonyl (C=O) groups is 3. The second-order valence-corrected chi connectivity index (χ2v) is 7.06. The Hall–Kier alpha value is -2.64. The quantitative estimate of drug-likeness (QED) is 0.850. The van der Waals surface area contributed by atoms with Crippen molar-refractivity contribution in [2.24, 2.45) is 5.92 Å². The third-order valence-electron chi connectivity index (χ3n) is 5.11. The van der Waals surface area contributed by atoms with Crippen molar-refractivity contribution < 1.29 is 23.5 Å². The molecule has 2 heterocycles. The second kappa shape index (κ2) is 7.94. The lowest BCUT2D eigenvalue weighted by molar-refractivity contribution is -0.121. The highest BCUT2D eigenvalue weighted by atomic mass is 19.1. The highest BCUT2D eigenvalue weighted by Crippen LogP contribution is 2.30. The van der Waals surface area contributed by atoms with Crippen molar-refractivity contribution in [2.45, 2.75) is 32.8 Å². The van der Waals surface area contributed by atoms with Gasteiger partial charge in [-0.3, -0.25) is 14.5 Å². The van der Waals surface area contributed by atoms with Gasteiger partial charge in [-0.05, 0) is 38.0 Å². The number of ketones is 1. The number of nitrogens with one attached hydrogen (secondary N) is 1. The van der Waals surface area contributed by atoms with Gasteiger partial charge in [0.1, 0.15) is 17.7 Å².